The van der Waals surface area contributed by atoms with Gasteiger partial charge in [-0.2, -0.15) is 0 Å². The lowest BCUT2D eigenvalue weighted by Crippen LogP contribution is -2.38. The van der Waals surface area contributed by atoms with Crippen LogP contribution in [-0.4, -0.2) is 29.5 Å². The molecule has 3 atom stereocenters. The van der Waals surface area contributed by atoms with Crippen molar-refractivity contribution in [2.75, 3.05) is 6.54 Å². The number of ether oxygens (including phenoxy) is 1. The van der Waals surface area contributed by atoms with Crippen LogP contribution in [0.1, 0.15) is 25.7 Å². The van der Waals surface area contributed by atoms with E-state index in [1.54, 1.807) is 6.08 Å². The van der Waals surface area contributed by atoms with Gasteiger partial charge in [0.2, 0.25) is 5.91 Å². The highest BCUT2D eigenvalue weighted by molar-refractivity contribution is 5.79. The van der Waals surface area contributed by atoms with E-state index < -0.39 is 0 Å². The molecule has 0 saturated carbocycles. The van der Waals surface area contributed by atoms with Crippen LogP contribution in [0.5, 0.6) is 0 Å². The van der Waals surface area contributed by atoms with Crippen LogP contribution in [0.25, 0.3) is 0 Å². The van der Waals surface area contributed by atoms with Gasteiger partial charge < -0.3 is 14.7 Å². The molecule has 4 nitrogen and oxygen atoms in total. The molecule has 1 unspecified atom stereocenters. The maximum Gasteiger partial charge on any atom is 0.222 e. The Morgan fingerprint density at radius 3 is 3.20 bits per heavy atom. The number of hydrogen-bond acceptors (Lipinski definition) is 3. The van der Waals surface area contributed by atoms with Crippen molar-refractivity contribution in [3.05, 3.63) is 12.0 Å². The molecule has 3 rings (SSSR count). The van der Waals surface area contributed by atoms with Gasteiger partial charge in [-0.3, -0.25) is 4.79 Å². The van der Waals surface area contributed by atoms with E-state index in [1.165, 1.54) is 0 Å². The number of rotatable bonds is 0. The van der Waals surface area contributed by atoms with Gasteiger partial charge in [-0.25, -0.2) is 0 Å². The van der Waals surface area contributed by atoms with E-state index in [9.17, 15) is 9.90 Å². The second-order valence-electron chi connectivity index (χ2n) is 4.55. The number of carbonyl (C=O) groups is 1. The predicted molar refractivity (Wildman–Crippen MR) is 50.4 cm³/mol. The minimum absolute atomic E-state index is 0.0263. The van der Waals surface area contributed by atoms with Crippen LogP contribution in [0.15, 0.2) is 12.0 Å². The van der Waals surface area contributed by atoms with E-state index in [2.05, 4.69) is 0 Å². The summed E-state index contributed by atoms with van der Waals surface area (Å²) < 4.78 is 5.26. The largest absolute Gasteiger partial charge is 0.609 e. The Kier molecular flexibility index (Phi) is 1.90. The van der Waals surface area contributed by atoms with Crippen molar-refractivity contribution in [3.63, 3.8) is 0 Å². The molecular formula is C11H14NO3-. The van der Waals surface area contributed by atoms with Crippen molar-refractivity contribution in [3.8, 4) is 0 Å². The minimum Gasteiger partial charge on any atom is -0.609 e. The molecule has 3 aliphatic heterocycles. The first-order valence-electron chi connectivity index (χ1n) is 5.60. The fraction of sp³-hybridized carbons (Fsp3) is 0.727. The molecule has 0 radical (unpaired) electrons. The molecular weight excluding hydrogens is 194 g/mol. The summed E-state index contributed by atoms with van der Waals surface area (Å²) >= 11 is 0. The number of hydrogen-bond donors (Lipinski definition) is 0. The minimum atomic E-state index is -0.203. The predicted octanol–water partition coefficient (Wildman–Crippen LogP) is -0.0121. The first-order chi connectivity index (χ1) is 7.25. The average Bonchev–Trinajstić information content (AvgIpc) is 2.68. The van der Waals surface area contributed by atoms with Gasteiger partial charge in [0.25, 0.3) is 0 Å². The number of fused-ring (bicyclic) bond motifs is 3. The van der Waals surface area contributed by atoms with Crippen molar-refractivity contribution in [1.82, 2.24) is 4.90 Å². The van der Waals surface area contributed by atoms with Crippen LogP contribution in [-0.2, 0) is 9.53 Å². The van der Waals surface area contributed by atoms with E-state index in [0.29, 0.717) is 6.42 Å². The monoisotopic (exact) mass is 208 g/mol. The Labute approximate surface area is 88.5 Å². The van der Waals surface area contributed by atoms with Gasteiger partial charge in [0, 0.05) is 37.0 Å². The van der Waals surface area contributed by atoms with Crippen LogP contribution in [0.2, 0.25) is 0 Å². The van der Waals surface area contributed by atoms with Crippen LogP contribution in [0, 0.1) is 5.92 Å². The molecule has 1 amide bonds. The second kappa shape index (κ2) is 3.15. The second-order valence-corrected chi connectivity index (χ2v) is 4.55. The summed E-state index contributed by atoms with van der Waals surface area (Å²) in [6, 6.07) is 0.219. The average molecular weight is 208 g/mol. The third-order valence-electron chi connectivity index (χ3n) is 3.73. The molecule has 0 aromatic rings. The summed E-state index contributed by atoms with van der Waals surface area (Å²) in [7, 11) is 0. The van der Waals surface area contributed by atoms with E-state index in [-0.39, 0.29) is 29.9 Å². The highest BCUT2D eigenvalue weighted by Crippen LogP contribution is 2.37. The zero-order valence-corrected chi connectivity index (χ0v) is 8.52. The summed E-state index contributed by atoms with van der Waals surface area (Å²) in [6.45, 7) is 0.835. The van der Waals surface area contributed by atoms with Gasteiger partial charge in [0.15, 0.2) is 0 Å². The number of amides is 1. The van der Waals surface area contributed by atoms with E-state index in [1.807, 2.05) is 4.90 Å². The maximum atomic E-state index is 11.6. The van der Waals surface area contributed by atoms with E-state index >= 15 is 0 Å². The zero-order valence-electron chi connectivity index (χ0n) is 8.52. The topological polar surface area (TPSA) is 52.6 Å². The zero-order chi connectivity index (χ0) is 10.4. The Morgan fingerprint density at radius 1 is 1.47 bits per heavy atom. The quantitative estimate of drug-likeness (QED) is 0.562. The number of carbonyl (C=O) groups excluding carboxylic acids is 1. The summed E-state index contributed by atoms with van der Waals surface area (Å²) in [6.07, 6.45) is 5.06. The molecule has 15 heavy (non-hydrogen) atoms. The first-order valence-corrected chi connectivity index (χ1v) is 5.60. The van der Waals surface area contributed by atoms with Crippen molar-refractivity contribution < 1.29 is 14.6 Å². The highest BCUT2D eigenvalue weighted by Gasteiger charge is 2.41. The highest BCUT2D eigenvalue weighted by atomic mass is 16.6. The Bertz CT molecular complexity index is 326. The van der Waals surface area contributed by atoms with Gasteiger partial charge in [0.05, 0.1) is 0 Å². The van der Waals surface area contributed by atoms with Gasteiger partial charge in [0.1, 0.15) is 0 Å². The smallest absolute Gasteiger partial charge is 0.222 e. The van der Waals surface area contributed by atoms with Crippen LogP contribution >= 0.6 is 0 Å². The lowest BCUT2D eigenvalue weighted by Gasteiger charge is -2.29. The number of nitrogens with zero attached hydrogens (tertiary/aromatic N) is 1. The van der Waals surface area contributed by atoms with Gasteiger partial charge in [-0.05, 0) is 19.3 Å². The molecule has 0 aromatic heterocycles. The van der Waals surface area contributed by atoms with Gasteiger partial charge >= 0.3 is 0 Å². The van der Waals surface area contributed by atoms with Crippen molar-refractivity contribution in [1.29, 1.82) is 0 Å². The van der Waals surface area contributed by atoms with Gasteiger partial charge in [-0.15, -0.1) is 0 Å². The summed E-state index contributed by atoms with van der Waals surface area (Å²) in [5.74, 6) is 0.186. The molecule has 0 N–H and O–H groups in total. The van der Waals surface area contributed by atoms with Crippen molar-refractivity contribution in [2.24, 2.45) is 5.92 Å². The summed E-state index contributed by atoms with van der Waals surface area (Å²) in [5.41, 5.74) is 0. The van der Waals surface area contributed by atoms with Crippen molar-refractivity contribution in [2.45, 2.75) is 37.8 Å². The SMILES string of the molecule is O=C1CC[C@H]2C3C=C([O-])O[C@@H]3CCCN12. The molecule has 82 valence electrons. The molecule has 0 spiro atoms. The molecule has 0 aliphatic carbocycles. The standard InChI is InChI=1S/C11H15NO3/c13-10-4-3-8-7-6-11(14)15-9(7)2-1-5-12(8)10/h6-9,14H,1-5H2/p-1/t7?,8-,9+/m0/s1. The molecule has 0 aromatic carbocycles. The van der Waals surface area contributed by atoms with Gasteiger partial charge in [-0.1, -0.05) is 6.08 Å². The summed E-state index contributed by atoms with van der Waals surface area (Å²) in [5, 5.41) is 11.2. The lowest BCUT2D eigenvalue weighted by atomic mass is 9.92. The van der Waals surface area contributed by atoms with E-state index in [4.69, 9.17) is 4.74 Å². The molecule has 2 fully saturated rings. The van der Waals surface area contributed by atoms with Crippen molar-refractivity contribution >= 4 is 5.91 Å². The fourth-order valence-electron chi connectivity index (χ4n) is 3.05. The summed E-state index contributed by atoms with van der Waals surface area (Å²) in [4.78, 5) is 13.6. The third-order valence-corrected chi connectivity index (χ3v) is 3.73. The molecule has 3 aliphatic rings. The van der Waals surface area contributed by atoms with Crippen LogP contribution in [0.4, 0.5) is 0 Å². The Hall–Kier alpha value is -1.19. The molecule has 2 saturated heterocycles. The fourth-order valence-corrected chi connectivity index (χ4v) is 3.05. The maximum absolute atomic E-state index is 11.6. The lowest BCUT2D eigenvalue weighted by molar-refractivity contribution is -0.358. The molecule has 3 heterocycles. The van der Waals surface area contributed by atoms with E-state index in [0.717, 1.165) is 25.8 Å². The normalized spacial score (nSPS) is 39.2. The Balaban J connectivity index is 1.89. The molecule has 4 heteroatoms. The molecule has 0 bridgehead atoms. The first kappa shape index (κ1) is 9.07. The van der Waals surface area contributed by atoms with Crippen LogP contribution in [0.3, 0.4) is 0 Å². The Morgan fingerprint density at radius 2 is 2.33 bits per heavy atom. The van der Waals surface area contributed by atoms with Crippen LogP contribution < -0.4 is 5.11 Å². The third kappa shape index (κ3) is 1.31.